The topological polar surface area (TPSA) is 73.1 Å². The van der Waals surface area contributed by atoms with Crippen molar-refractivity contribution in [2.75, 3.05) is 0 Å². The molecule has 1 aromatic heterocycles. The van der Waals surface area contributed by atoms with Gasteiger partial charge in [-0.2, -0.15) is 0 Å². The van der Waals surface area contributed by atoms with Crippen LogP contribution in [0.1, 0.15) is 20.3 Å². The molecule has 0 unspecified atom stereocenters. The van der Waals surface area contributed by atoms with Crippen molar-refractivity contribution >= 4 is 16.8 Å². The SMILES string of the molecule is CC[C@H](C)NC(=O)Cn1c(=O)n(C)c(=O)c2ccccc21. The first-order valence-corrected chi connectivity index (χ1v) is 6.93. The van der Waals surface area contributed by atoms with Gasteiger partial charge in [-0.3, -0.25) is 18.7 Å². The van der Waals surface area contributed by atoms with Crippen LogP contribution in [0, 0.1) is 0 Å². The highest BCUT2D eigenvalue weighted by atomic mass is 16.2. The van der Waals surface area contributed by atoms with Gasteiger partial charge in [0, 0.05) is 13.1 Å². The Balaban J connectivity index is 2.52. The molecule has 1 heterocycles. The molecule has 2 aromatic rings. The minimum Gasteiger partial charge on any atom is -0.352 e. The summed E-state index contributed by atoms with van der Waals surface area (Å²) < 4.78 is 2.35. The Bertz CT molecular complexity index is 789. The summed E-state index contributed by atoms with van der Waals surface area (Å²) >= 11 is 0. The number of nitrogens with one attached hydrogen (secondary N) is 1. The lowest BCUT2D eigenvalue weighted by atomic mass is 10.2. The number of aromatic nitrogens is 2. The minimum absolute atomic E-state index is 0.0481. The lowest BCUT2D eigenvalue weighted by Gasteiger charge is -2.14. The summed E-state index contributed by atoms with van der Waals surface area (Å²) in [4.78, 5) is 36.3. The maximum absolute atomic E-state index is 12.2. The summed E-state index contributed by atoms with van der Waals surface area (Å²) in [5.74, 6) is -0.241. The van der Waals surface area contributed by atoms with Crippen LogP contribution in [0.4, 0.5) is 0 Å². The highest BCUT2D eigenvalue weighted by Crippen LogP contribution is 2.07. The van der Waals surface area contributed by atoms with Crippen LogP contribution < -0.4 is 16.6 Å². The molecule has 6 heteroatoms. The molecule has 1 N–H and O–H groups in total. The number of carbonyl (C=O) groups excluding carboxylic acids is 1. The first-order chi connectivity index (χ1) is 9.95. The Kier molecular flexibility index (Phi) is 4.26. The fourth-order valence-corrected chi connectivity index (χ4v) is 2.16. The summed E-state index contributed by atoms with van der Waals surface area (Å²) in [5.41, 5.74) is -0.364. The smallest absolute Gasteiger partial charge is 0.331 e. The van der Waals surface area contributed by atoms with Gasteiger partial charge in [-0.15, -0.1) is 0 Å². The number of para-hydroxylation sites is 1. The number of nitrogens with zero attached hydrogens (tertiary/aromatic N) is 2. The summed E-state index contributed by atoms with van der Waals surface area (Å²) in [6.45, 7) is 3.77. The zero-order chi connectivity index (χ0) is 15.6. The van der Waals surface area contributed by atoms with E-state index >= 15 is 0 Å². The number of carbonyl (C=O) groups is 1. The van der Waals surface area contributed by atoms with Crippen molar-refractivity contribution in [1.29, 1.82) is 0 Å². The van der Waals surface area contributed by atoms with Crippen LogP contribution in [0.15, 0.2) is 33.9 Å². The van der Waals surface area contributed by atoms with Crippen LogP contribution >= 0.6 is 0 Å². The third kappa shape index (κ3) is 2.89. The Labute approximate surface area is 122 Å². The second kappa shape index (κ2) is 5.95. The second-order valence-corrected chi connectivity index (χ2v) is 5.13. The largest absolute Gasteiger partial charge is 0.352 e. The minimum atomic E-state index is -0.488. The van der Waals surface area contributed by atoms with E-state index in [9.17, 15) is 14.4 Å². The van der Waals surface area contributed by atoms with E-state index in [-0.39, 0.29) is 24.1 Å². The maximum Gasteiger partial charge on any atom is 0.331 e. The summed E-state index contributed by atoms with van der Waals surface area (Å²) in [6.07, 6.45) is 0.814. The van der Waals surface area contributed by atoms with Gasteiger partial charge in [-0.25, -0.2) is 4.79 Å². The van der Waals surface area contributed by atoms with Gasteiger partial charge >= 0.3 is 5.69 Å². The van der Waals surface area contributed by atoms with Gasteiger partial charge in [0.2, 0.25) is 5.91 Å². The van der Waals surface area contributed by atoms with E-state index in [0.29, 0.717) is 10.9 Å². The number of rotatable bonds is 4. The average molecular weight is 289 g/mol. The molecule has 1 aromatic carbocycles. The number of hydrogen-bond acceptors (Lipinski definition) is 3. The molecule has 1 amide bonds. The van der Waals surface area contributed by atoms with E-state index in [1.807, 2.05) is 13.8 Å². The molecule has 2 rings (SSSR count). The predicted molar refractivity (Wildman–Crippen MR) is 81.3 cm³/mol. The molecule has 1 atom stereocenters. The van der Waals surface area contributed by atoms with E-state index in [4.69, 9.17) is 0 Å². The van der Waals surface area contributed by atoms with E-state index < -0.39 is 5.69 Å². The van der Waals surface area contributed by atoms with Gasteiger partial charge in [0.25, 0.3) is 5.56 Å². The first-order valence-electron chi connectivity index (χ1n) is 6.93. The van der Waals surface area contributed by atoms with E-state index in [0.717, 1.165) is 11.0 Å². The maximum atomic E-state index is 12.2. The fourth-order valence-electron chi connectivity index (χ4n) is 2.16. The van der Waals surface area contributed by atoms with Crippen molar-refractivity contribution in [3.8, 4) is 0 Å². The molecule has 0 saturated heterocycles. The van der Waals surface area contributed by atoms with Crippen molar-refractivity contribution in [2.45, 2.75) is 32.9 Å². The predicted octanol–water partition coefficient (Wildman–Crippen LogP) is 0.615. The molecule has 0 radical (unpaired) electrons. The highest BCUT2D eigenvalue weighted by molar-refractivity contribution is 5.81. The van der Waals surface area contributed by atoms with Crippen LogP contribution in [0.25, 0.3) is 10.9 Å². The number of hydrogen-bond donors (Lipinski definition) is 1. The third-order valence-corrected chi connectivity index (χ3v) is 3.57. The second-order valence-electron chi connectivity index (χ2n) is 5.13. The Morgan fingerprint density at radius 1 is 1.29 bits per heavy atom. The first kappa shape index (κ1) is 15.0. The van der Waals surface area contributed by atoms with E-state index in [1.54, 1.807) is 24.3 Å². The molecule has 112 valence electrons. The lowest BCUT2D eigenvalue weighted by molar-refractivity contribution is -0.122. The monoisotopic (exact) mass is 289 g/mol. The highest BCUT2D eigenvalue weighted by Gasteiger charge is 2.13. The fraction of sp³-hybridized carbons (Fsp3) is 0.400. The lowest BCUT2D eigenvalue weighted by Crippen LogP contribution is -2.42. The number of amides is 1. The Morgan fingerprint density at radius 2 is 1.95 bits per heavy atom. The van der Waals surface area contributed by atoms with Gasteiger partial charge in [0.05, 0.1) is 10.9 Å². The van der Waals surface area contributed by atoms with Crippen molar-refractivity contribution in [1.82, 2.24) is 14.5 Å². The average Bonchev–Trinajstić information content (AvgIpc) is 2.49. The van der Waals surface area contributed by atoms with Crippen molar-refractivity contribution in [3.63, 3.8) is 0 Å². The molecule has 0 saturated carbocycles. The molecule has 0 spiro atoms. The third-order valence-electron chi connectivity index (χ3n) is 3.57. The molecule has 21 heavy (non-hydrogen) atoms. The molecular formula is C15H19N3O3. The summed E-state index contributed by atoms with van der Waals surface area (Å²) in [5, 5.41) is 3.24. The van der Waals surface area contributed by atoms with Crippen LogP contribution in [-0.2, 0) is 18.4 Å². The zero-order valence-electron chi connectivity index (χ0n) is 12.4. The van der Waals surface area contributed by atoms with Gasteiger partial charge in [0.15, 0.2) is 0 Å². The van der Waals surface area contributed by atoms with Gasteiger partial charge in [-0.05, 0) is 25.5 Å². The Hall–Kier alpha value is -2.37. The van der Waals surface area contributed by atoms with Crippen molar-refractivity contribution < 1.29 is 4.79 Å². The van der Waals surface area contributed by atoms with Crippen LogP contribution in [0.5, 0.6) is 0 Å². The molecular weight excluding hydrogens is 270 g/mol. The van der Waals surface area contributed by atoms with Gasteiger partial charge in [-0.1, -0.05) is 19.1 Å². The number of benzene rings is 1. The van der Waals surface area contributed by atoms with Crippen molar-refractivity contribution in [2.24, 2.45) is 7.05 Å². The Morgan fingerprint density at radius 3 is 2.62 bits per heavy atom. The molecule has 0 bridgehead atoms. The van der Waals surface area contributed by atoms with Crippen LogP contribution in [0.2, 0.25) is 0 Å². The molecule has 6 nitrogen and oxygen atoms in total. The summed E-state index contributed by atoms with van der Waals surface area (Å²) in [7, 11) is 1.42. The van der Waals surface area contributed by atoms with E-state index in [1.165, 1.54) is 11.6 Å². The number of fused-ring (bicyclic) bond motifs is 1. The van der Waals surface area contributed by atoms with Gasteiger partial charge in [0.1, 0.15) is 6.54 Å². The molecule has 0 aliphatic heterocycles. The quantitative estimate of drug-likeness (QED) is 0.896. The van der Waals surface area contributed by atoms with Crippen molar-refractivity contribution in [3.05, 3.63) is 45.1 Å². The standard InChI is InChI=1S/C15H19N3O3/c1-4-10(2)16-13(19)9-18-12-8-6-5-7-11(12)14(20)17(3)15(18)21/h5-8,10H,4,9H2,1-3H3,(H,16,19)/t10-/m0/s1. The van der Waals surface area contributed by atoms with Crippen LogP contribution in [-0.4, -0.2) is 21.1 Å². The normalized spacial score (nSPS) is 12.3. The zero-order valence-corrected chi connectivity index (χ0v) is 12.4. The van der Waals surface area contributed by atoms with Gasteiger partial charge < -0.3 is 5.32 Å². The molecule has 0 aliphatic carbocycles. The van der Waals surface area contributed by atoms with Crippen LogP contribution in [0.3, 0.4) is 0 Å². The molecule has 0 fully saturated rings. The van der Waals surface area contributed by atoms with E-state index in [2.05, 4.69) is 5.32 Å². The molecule has 0 aliphatic rings. The summed E-state index contributed by atoms with van der Waals surface area (Å²) in [6, 6.07) is 6.85.